The molecule has 0 bridgehead atoms. The van der Waals surface area contributed by atoms with Crippen LogP contribution >= 0.6 is 11.3 Å². The van der Waals surface area contributed by atoms with Gasteiger partial charge in [-0.1, -0.05) is 42.5 Å². The molecular formula is C16H19NS. The van der Waals surface area contributed by atoms with Crippen LogP contribution in [0.5, 0.6) is 0 Å². The molecule has 0 fully saturated rings. The Bertz CT molecular complexity index is 485. The summed E-state index contributed by atoms with van der Waals surface area (Å²) in [5.41, 5.74) is 2.62. The predicted octanol–water partition coefficient (Wildman–Crippen LogP) is 4.47. The molecule has 1 aromatic carbocycles. The molecule has 2 heteroatoms. The Balaban J connectivity index is 1.87. The van der Waals surface area contributed by atoms with Crippen LogP contribution in [0, 0.1) is 0 Å². The maximum atomic E-state index is 3.46. The van der Waals surface area contributed by atoms with Crippen molar-refractivity contribution < 1.29 is 0 Å². The highest BCUT2D eigenvalue weighted by Gasteiger charge is 2.01. The molecule has 0 aliphatic heterocycles. The Kier molecular flexibility index (Phi) is 5.18. The van der Waals surface area contributed by atoms with Crippen LogP contribution in [0.3, 0.4) is 0 Å². The first-order valence-corrected chi connectivity index (χ1v) is 7.23. The summed E-state index contributed by atoms with van der Waals surface area (Å²) in [5, 5.41) is 5.69. The first kappa shape index (κ1) is 13.1. The van der Waals surface area contributed by atoms with E-state index in [1.165, 1.54) is 16.0 Å². The van der Waals surface area contributed by atoms with Gasteiger partial charge in [-0.15, -0.1) is 11.3 Å². The van der Waals surface area contributed by atoms with Crippen molar-refractivity contribution in [2.45, 2.75) is 19.9 Å². The minimum absolute atomic E-state index is 0.967. The van der Waals surface area contributed by atoms with Crippen LogP contribution in [0.25, 0.3) is 11.1 Å². The molecule has 1 heterocycles. The summed E-state index contributed by atoms with van der Waals surface area (Å²) in [7, 11) is 0. The molecule has 0 amide bonds. The average molecular weight is 257 g/mol. The normalized spacial score (nSPS) is 11.2. The maximum Gasteiger partial charge on any atom is 0.0300 e. The van der Waals surface area contributed by atoms with E-state index < -0.39 is 0 Å². The number of benzene rings is 1. The lowest BCUT2D eigenvalue weighted by Gasteiger charge is -1.99. The van der Waals surface area contributed by atoms with Gasteiger partial charge in [0.05, 0.1) is 0 Å². The van der Waals surface area contributed by atoms with Crippen LogP contribution in [0.2, 0.25) is 0 Å². The van der Waals surface area contributed by atoms with E-state index in [2.05, 4.69) is 66.2 Å². The lowest BCUT2D eigenvalue weighted by Crippen LogP contribution is -2.12. The SMILES string of the molecule is C/C=C/CCNCc1cc(-c2ccccc2)cs1. The van der Waals surface area contributed by atoms with Crippen LogP contribution in [-0.2, 0) is 6.54 Å². The molecule has 2 rings (SSSR count). The van der Waals surface area contributed by atoms with E-state index in [1.807, 2.05) is 11.3 Å². The van der Waals surface area contributed by atoms with E-state index in [1.54, 1.807) is 0 Å². The molecule has 0 saturated carbocycles. The second-order valence-electron chi connectivity index (χ2n) is 4.20. The monoisotopic (exact) mass is 257 g/mol. The molecule has 94 valence electrons. The van der Waals surface area contributed by atoms with Crippen LogP contribution in [0.1, 0.15) is 18.2 Å². The molecule has 18 heavy (non-hydrogen) atoms. The zero-order valence-electron chi connectivity index (χ0n) is 10.7. The molecule has 0 unspecified atom stereocenters. The summed E-state index contributed by atoms with van der Waals surface area (Å²) in [5.74, 6) is 0. The standard InChI is InChI=1S/C16H19NS/c1-2-3-7-10-17-12-16-11-15(13-18-16)14-8-5-4-6-9-14/h2-6,8-9,11,13,17H,7,10,12H2,1H3/b3-2+. The summed E-state index contributed by atoms with van der Waals surface area (Å²) < 4.78 is 0. The highest BCUT2D eigenvalue weighted by atomic mass is 32.1. The Morgan fingerprint density at radius 2 is 2.00 bits per heavy atom. The average Bonchev–Trinajstić information content (AvgIpc) is 2.88. The van der Waals surface area contributed by atoms with E-state index in [-0.39, 0.29) is 0 Å². The van der Waals surface area contributed by atoms with Crippen molar-refractivity contribution in [1.82, 2.24) is 5.32 Å². The number of nitrogens with one attached hydrogen (secondary N) is 1. The van der Waals surface area contributed by atoms with E-state index in [0.717, 1.165) is 19.5 Å². The van der Waals surface area contributed by atoms with Crippen molar-refractivity contribution in [3.8, 4) is 11.1 Å². The van der Waals surface area contributed by atoms with Gasteiger partial charge in [0.15, 0.2) is 0 Å². The molecule has 1 nitrogen and oxygen atoms in total. The van der Waals surface area contributed by atoms with Gasteiger partial charge >= 0.3 is 0 Å². The molecule has 0 aliphatic rings. The molecular weight excluding hydrogens is 238 g/mol. The fraction of sp³-hybridized carbons (Fsp3) is 0.250. The van der Waals surface area contributed by atoms with Crippen LogP contribution < -0.4 is 5.32 Å². The molecule has 1 aromatic heterocycles. The fourth-order valence-corrected chi connectivity index (χ4v) is 2.68. The van der Waals surface area contributed by atoms with Gasteiger partial charge in [0, 0.05) is 11.4 Å². The summed E-state index contributed by atoms with van der Waals surface area (Å²) in [6.45, 7) is 4.07. The molecule has 1 N–H and O–H groups in total. The topological polar surface area (TPSA) is 12.0 Å². The van der Waals surface area contributed by atoms with E-state index in [4.69, 9.17) is 0 Å². The van der Waals surface area contributed by atoms with Gasteiger partial charge in [0.25, 0.3) is 0 Å². The van der Waals surface area contributed by atoms with Gasteiger partial charge in [0.1, 0.15) is 0 Å². The van der Waals surface area contributed by atoms with E-state index in [0.29, 0.717) is 0 Å². The van der Waals surface area contributed by atoms with Crippen molar-refractivity contribution in [3.63, 3.8) is 0 Å². The Morgan fingerprint density at radius 3 is 2.78 bits per heavy atom. The summed E-state index contributed by atoms with van der Waals surface area (Å²) in [6, 6.07) is 12.8. The number of allylic oxidation sites excluding steroid dienone is 1. The second kappa shape index (κ2) is 7.14. The molecule has 0 spiro atoms. The zero-order chi connectivity index (χ0) is 12.6. The Hall–Kier alpha value is -1.38. The second-order valence-corrected chi connectivity index (χ2v) is 5.20. The first-order chi connectivity index (χ1) is 8.90. The van der Waals surface area contributed by atoms with Gasteiger partial charge in [-0.25, -0.2) is 0 Å². The molecule has 0 atom stereocenters. The highest BCUT2D eigenvalue weighted by Crippen LogP contribution is 2.25. The van der Waals surface area contributed by atoms with Gasteiger partial charge in [0.2, 0.25) is 0 Å². The third-order valence-electron chi connectivity index (χ3n) is 2.78. The van der Waals surface area contributed by atoms with E-state index >= 15 is 0 Å². The molecule has 2 aromatic rings. The minimum atomic E-state index is 0.967. The van der Waals surface area contributed by atoms with Gasteiger partial charge in [-0.3, -0.25) is 0 Å². The number of hydrogen-bond acceptors (Lipinski definition) is 2. The lowest BCUT2D eigenvalue weighted by atomic mass is 10.1. The summed E-state index contributed by atoms with van der Waals surface area (Å²) in [4.78, 5) is 1.40. The molecule has 0 aliphatic carbocycles. The largest absolute Gasteiger partial charge is 0.312 e. The summed E-state index contributed by atoms with van der Waals surface area (Å²) >= 11 is 1.83. The number of rotatable bonds is 6. The van der Waals surface area contributed by atoms with Gasteiger partial charge in [-0.05, 0) is 42.5 Å². The third kappa shape index (κ3) is 3.83. The first-order valence-electron chi connectivity index (χ1n) is 6.35. The van der Waals surface area contributed by atoms with Crippen molar-refractivity contribution in [1.29, 1.82) is 0 Å². The Labute approximate surface area is 113 Å². The van der Waals surface area contributed by atoms with Gasteiger partial charge < -0.3 is 5.32 Å². The third-order valence-corrected chi connectivity index (χ3v) is 3.72. The quantitative estimate of drug-likeness (QED) is 0.594. The van der Waals surface area contributed by atoms with Crippen LogP contribution in [-0.4, -0.2) is 6.54 Å². The van der Waals surface area contributed by atoms with Crippen molar-refractivity contribution in [3.05, 3.63) is 58.8 Å². The smallest absolute Gasteiger partial charge is 0.0300 e. The summed E-state index contributed by atoms with van der Waals surface area (Å²) in [6.07, 6.45) is 5.39. The lowest BCUT2D eigenvalue weighted by molar-refractivity contribution is 0.702. The number of hydrogen-bond donors (Lipinski definition) is 1. The zero-order valence-corrected chi connectivity index (χ0v) is 11.5. The number of thiophene rings is 1. The maximum absolute atomic E-state index is 3.46. The molecule has 0 radical (unpaired) electrons. The minimum Gasteiger partial charge on any atom is -0.312 e. The van der Waals surface area contributed by atoms with Gasteiger partial charge in [-0.2, -0.15) is 0 Å². The highest BCUT2D eigenvalue weighted by molar-refractivity contribution is 7.10. The van der Waals surface area contributed by atoms with Crippen LogP contribution in [0.4, 0.5) is 0 Å². The Morgan fingerprint density at radius 1 is 1.17 bits per heavy atom. The predicted molar refractivity (Wildman–Crippen MR) is 80.9 cm³/mol. The van der Waals surface area contributed by atoms with Crippen molar-refractivity contribution >= 4 is 11.3 Å². The molecule has 0 saturated heterocycles. The van der Waals surface area contributed by atoms with Crippen molar-refractivity contribution in [2.75, 3.05) is 6.54 Å². The van der Waals surface area contributed by atoms with Crippen LogP contribution in [0.15, 0.2) is 53.9 Å². The van der Waals surface area contributed by atoms with Crippen molar-refractivity contribution in [2.24, 2.45) is 0 Å². The fourth-order valence-electron chi connectivity index (χ4n) is 1.82. The van der Waals surface area contributed by atoms with E-state index in [9.17, 15) is 0 Å².